The van der Waals surface area contributed by atoms with Crippen molar-refractivity contribution in [2.24, 2.45) is 15.9 Å². The van der Waals surface area contributed by atoms with E-state index in [1.54, 1.807) is 23.5 Å². The van der Waals surface area contributed by atoms with Gasteiger partial charge in [-0.25, -0.2) is 9.98 Å². The second-order valence-corrected chi connectivity index (χ2v) is 19.4. The Hall–Kier alpha value is -6.79. The van der Waals surface area contributed by atoms with Gasteiger partial charge in [-0.1, -0.05) is 153 Å². The molecule has 6 aliphatic rings. The summed E-state index contributed by atoms with van der Waals surface area (Å²) in [5.41, 5.74) is 13.1. The summed E-state index contributed by atoms with van der Waals surface area (Å²) in [5.74, 6) is 1.71. The summed E-state index contributed by atoms with van der Waals surface area (Å²) < 4.78 is 0. The van der Waals surface area contributed by atoms with Crippen molar-refractivity contribution in [1.29, 1.82) is 5.26 Å². The van der Waals surface area contributed by atoms with Crippen molar-refractivity contribution in [1.82, 2.24) is 5.32 Å². The minimum absolute atomic E-state index is 0.0311. The van der Waals surface area contributed by atoms with Crippen molar-refractivity contribution in [2.45, 2.75) is 63.9 Å². The summed E-state index contributed by atoms with van der Waals surface area (Å²) in [5, 5.41) is 15.3. The molecule has 0 saturated heterocycles. The van der Waals surface area contributed by atoms with E-state index >= 15 is 0 Å². The highest BCUT2D eigenvalue weighted by atomic mass is 32.2. The standard InChI is InChI=1S/C55H42N6S2/c1-55(2)39-21-7-6-19-36(39)51-37(20-16-22-40(51)55)53-57-52(34-17-4-3-5-18-34)58-54(59-53)38-31-35(33-56)45(60-41-23-8-12-27-47(41)62-48-28-13-9-24-42(48)60)32-46(38)61-43-25-10-14-29-49(43)63-50-30-15-11-26-44(50)61/h3-21,23-31,40,46,53H,22,32H2,1-2H3,(H,57,58,59). The summed E-state index contributed by atoms with van der Waals surface area (Å²) in [6.45, 7) is 4.77. The van der Waals surface area contributed by atoms with Crippen LogP contribution in [0.1, 0.15) is 43.4 Å². The van der Waals surface area contributed by atoms with Gasteiger partial charge >= 0.3 is 0 Å². The van der Waals surface area contributed by atoms with Crippen LogP contribution in [0.15, 0.2) is 222 Å². The van der Waals surface area contributed by atoms with E-state index in [0.717, 1.165) is 61.6 Å². The second-order valence-electron chi connectivity index (χ2n) is 17.2. The van der Waals surface area contributed by atoms with E-state index in [2.05, 4.69) is 199 Å². The Labute approximate surface area is 376 Å². The highest BCUT2D eigenvalue weighted by Crippen LogP contribution is 2.56. The molecule has 1 N–H and O–H groups in total. The molecule has 3 unspecified atom stereocenters. The highest BCUT2D eigenvalue weighted by Gasteiger charge is 2.46. The molecule has 0 bridgehead atoms. The van der Waals surface area contributed by atoms with Gasteiger partial charge in [-0.15, -0.1) is 0 Å². The first-order valence-electron chi connectivity index (χ1n) is 21.6. The number of benzene rings is 6. The Bertz CT molecular complexity index is 3040. The van der Waals surface area contributed by atoms with Crippen molar-refractivity contribution in [3.63, 3.8) is 0 Å². The largest absolute Gasteiger partial charge is 0.344 e. The Balaban J connectivity index is 1.09. The number of hydrogen-bond donors (Lipinski definition) is 1. The molecule has 8 heteroatoms. The molecule has 0 radical (unpaired) electrons. The van der Waals surface area contributed by atoms with Gasteiger partial charge in [0.25, 0.3) is 0 Å². The normalized spacial score (nSPS) is 21.3. The van der Waals surface area contributed by atoms with Gasteiger partial charge in [0.1, 0.15) is 18.1 Å². The van der Waals surface area contributed by atoms with Crippen LogP contribution in [0, 0.1) is 17.2 Å². The van der Waals surface area contributed by atoms with Crippen LogP contribution in [-0.2, 0) is 5.41 Å². The zero-order valence-electron chi connectivity index (χ0n) is 34.9. The molecule has 0 amide bonds. The van der Waals surface area contributed by atoms with Crippen molar-refractivity contribution >= 4 is 63.5 Å². The fourth-order valence-electron chi connectivity index (χ4n) is 10.5. The third-order valence-corrected chi connectivity index (χ3v) is 15.7. The first-order chi connectivity index (χ1) is 31.0. The van der Waals surface area contributed by atoms with Crippen molar-refractivity contribution < 1.29 is 0 Å². The lowest BCUT2D eigenvalue weighted by Gasteiger charge is -2.44. The van der Waals surface area contributed by atoms with Crippen molar-refractivity contribution in [2.75, 3.05) is 9.80 Å². The van der Waals surface area contributed by atoms with E-state index < -0.39 is 6.17 Å². The number of aliphatic imine (C=N–C) groups is 2. The van der Waals surface area contributed by atoms with Gasteiger partial charge in [0.15, 0.2) is 5.84 Å². The molecular weight excluding hydrogens is 809 g/mol. The van der Waals surface area contributed by atoms with E-state index in [9.17, 15) is 5.26 Å². The Morgan fingerprint density at radius 3 is 1.92 bits per heavy atom. The van der Waals surface area contributed by atoms with Crippen LogP contribution in [0.2, 0.25) is 0 Å². The maximum Gasteiger partial charge on any atom is 0.159 e. The predicted molar refractivity (Wildman–Crippen MR) is 258 cm³/mol. The lowest BCUT2D eigenvalue weighted by molar-refractivity contribution is 0.412. The molecule has 304 valence electrons. The summed E-state index contributed by atoms with van der Waals surface area (Å²) in [6.07, 6.45) is 7.83. The van der Waals surface area contributed by atoms with Gasteiger partial charge in [-0.2, -0.15) is 5.26 Å². The van der Waals surface area contributed by atoms with Gasteiger partial charge in [0.05, 0.1) is 34.4 Å². The van der Waals surface area contributed by atoms with Crippen LogP contribution in [0.3, 0.4) is 0 Å². The molecule has 6 nitrogen and oxygen atoms in total. The topological polar surface area (TPSA) is 67.0 Å². The molecule has 3 aliphatic heterocycles. The summed E-state index contributed by atoms with van der Waals surface area (Å²) in [7, 11) is 0. The van der Waals surface area contributed by atoms with Crippen LogP contribution in [-0.4, -0.2) is 23.9 Å². The van der Waals surface area contributed by atoms with Crippen LogP contribution in [0.25, 0.3) is 5.57 Å². The first kappa shape index (κ1) is 37.9. The van der Waals surface area contributed by atoms with Crippen LogP contribution >= 0.6 is 23.5 Å². The molecule has 0 fully saturated rings. The average Bonchev–Trinajstić information content (AvgIpc) is 3.58. The molecule has 3 atom stereocenters. The molecule has 0 aromatic heterocycles. The number of nitriles is 1. The van der Waals surface area contributed by atoms with E-state index in [1.165, 1.54) is 32.1 Å². The van der Waals surface area contributed by atoms with Crippen LogP contribution < -0.4 is 15.1 Å². The zero-order chi connectivity index (χ0) is 42.2. The number of rotatable bonds is 5. The van der Waals surface area contributed by atoms with E-state index in [1.807, 2.05) is 6.07 Å². The van der Waals surface area contributed by atoms with E-state index in [-0.39, 0.29) is 11.5 Å². The lowest BCUT2D eigenvalue weighted by atomic mass is 9.73. The summed E-state index contributed by atoms with van der Waals surface area (Å²) in [4.78, 5) is 20.5. The maximum atomic E-state index is 11.3. The summed E-state index contributed by atoms with van der Waals surface area (Å²) >= 11 is 3.58. The maximum absolute atomic E-state index is 11.3. The highest BCUT2D eigenvalue weighted by molar-refractivity contribution is 8.00. The SMILES string of the molecule is CC1(C)c2ccccc2C2=C(C3N=C(c4ccccc4)N=C(C4=CC(C#N)=C(N5c6ccccc6Sc6ccccc65)CC4N4c5ccccc5Sc5ccccc54)N3)C=CCC21. The number of nitrogens with zero attached hydrogens (tertiary/aromatic N) is 5. The quantitative estimate of drug-likeness (QED) is 0.186. The number of anilines is 4. The Morgan fingerprint density at radius 2 is 1.27 bits per heavy atom. The number of amidine groups is 2. The Kier molecular flexibility index (Phi) is 8.99. The number of para-hydroxylation sites is 4. The monoisotopic (exact) mass is 850 g/mol. The van der Waals surface area contributed by atoms with Crippen LogP contribution in [0.4, 0.5) is 22.7 Å². The third-order valence-electron chi connectivity index (χ3n) is 13.4. The lowest BCUT2D eigenvalue weighted by Crippen LogP contribution is -2.48. The fourth-order valence-corrected chi connectivity index (χ4v) is 12.6. The van der Waals surface area contributed by atoms with Crippen LogP contribution in [0.5, 0.6) is 0 Å². The minimum Gasteiger partial charge on any atom is -0.344 e. The fraction of sp³-hybridized carbons (Fsp3) is 0.145. The average molecular weight is 851 g/mol. The molecule has 3 aliphatic carbocycles. The predicted octanol–water partition coefficient (Wildman–Crippen LogP) is 13.2. The van der Waals surface area contributed by atoms with Crippen molar-refractivity contribution in [3.05, 3.63) is 209 Å². The molecule has 3 heterocycles. The second kappa shape index (κ2) is 14.9. The molecular formula is C55H42N6S2. The smallest absolute Gasteiger partial charge is 0.159 e. The van der Waals surface area contributed by atoms with Gasteiger partial charge in [-0.05, 0) is 89.1 Å². The van der Waals surface area contributed by atoms with Gasteiger partial charge in [0, 0.05) is 48.4 Å². The number of allylic oxidation sites excluding steroid dienone is 4. The number of fused-ring (bicyclic) bond motifs is 7. The molecule has 12 rings (SSSR count). The minimum atomic E-state index is -0.421. The third kappa shape index (κ3) is 6.09. The summed E-state index contributed by atoms with van der Waals surface area (Å²) in [6, 6.07) is 56.2. The van der Waals surface area contributed by atoms with E-state index in [4.69, 9.17) is 9.98 Å². The molecule has 6 aromatic rings. The molecule has 63 heavy (non-hydrogen) atoms. The van der Waals surface area contributed by atoms with Crippen molar-refractivity contribution in [3.8, 4) is 6.07 Å². The van der Waals surface area contributed by atoms with Gasteiger partial charge in [-0.3, -0.25) is 0 Å². The Morgan fingerprint density at radius 1 is 0.698 bits per heavy atom. The zero-order valence-corrected chi connectivity index (χ0v) is 36.5. The number of hydrogen-bond acceptors (Lipinski definition) is 8. The van der Waals surface area contributed by atoms with E-state index in [0.29, 0.717) is 23.7 Å². The number of nitrogens with one attached hydrogen (secondary N) is 1. The molecule has 6 aromatic carbocycles. The van der Waals surface area contributed by atoms with Gasteiger partial charge < -0.3 is 15.1 Å². The molecule has 0 saturated carbocycles. The molecule has 0 spiro atoms. The van der Waals surface area contributed by atoms with Gasteiger partial charge in [0.2, 0.25) is 0 Å². The first-order valence-corrected chi connectivity index (χ1v) is 23.2.